The van der Waals surface area contributed by atoms with Crippen LogP contribution in [0.5, 0.6) is 28.7 Å². The Kier molecular flexibility index (Phi) is 29.9. The number of ether oxygens (including phenoxy) is 5. The van der Waals surface area contributed by atoms with E-state index in [1.807, 2.05) is 198 Å². The highest BCUT2D eigenvalue weighted by atomic mass is 18.2. The summed E-state index contributed by atoms with van der Waals surface area (Å²) in [6.45, 7) is 5.49. The number of aliphatic hydroxyl groups is 5. The van der Waals surface area contributed by atoms with E-state index in [4.69, 9.17) is 23.7 Å². The first kappa shape index (κ1) is 83.3. The third-order valence-electron chi connectivity index (χ3n) is 17.6. The SMILES string of the molecule is Cc1ccc(-c2ccc3cc(OC[C@H](O)C[18F])ccc3n2)cn1.Cc1ccncc1-c1ccc2cc(OC[C@H](O)C[18F])ccc2n1.Cc1cncc(-c2ccc3cc(OC[C@H](O)C[18F])ccc3n2)c1.Cc1cncc(-c2ccc3cc(OC[C@H](O)C[18F])ccc3n2)c1.Cc1ncccc1-c1ccc2cc(OC[C@H](O)C[18F])ccc2n1. The molecule has 0 unspecified atom stereocenters. The summed E-state index contributed by atoms with van der Waals surface area (Å²) in [7, 11) is 0. The van der Waals surface area contributed by atoms with E-state index in [0.29, 0.717) is 28.7 Å². The van der Waals surface area contributed by atoms with Crippen molar-refractivity contribution in [2.24, 2.45) is 0 Å². The molecule has 5 atom stereocenters. The van der Waals surface area contributed by atoms with Gasteiger partial charge in [-0.3, -0.25) is 24.9 Å². The molecule has 0 bridgehead atoms. The summed E-state index contributed by atoms with van der Waals surface area (Å²) in [4.78, 5) is 44.3. The van der Waals surface area contributed by atoms with Crippen LogP contribution in [0.25, 0.3) is 111 Å². The van der Waals surface area contributed by atoms with E-state index >= 15 is 0 Å². The molecule has 0 aliphatic carbocycles. The first-order valence-electron chi connectivity index (χ1n) is 36.8. The number of nitrogens with zero attached hydrogens (tertiary/aromatic N) is 10. The molecule has 0 aliphatic heterocycles. The smallest absolute Gasteiger partial charge is 0.120 e. The second kappa shape index (κ2) is 41.2. The van der Waals surface area contributed by atoms with Crippen molar-refractivity contribution in [1.82, 2.24) is 49.8 Å². The molecule has 0 amide bonds. The van der Waals surface area contributed by atoms with Crippen LogP contribution < -0.4 is 23.7 Å². The van der Waals surface area contributed by atoms with Crippen LogP contribution >= 0.6 is 0 Å². The summed E-state index contributed by atoms with van der Waals surface area (Å²) in [6, 6.07) is 60.5. The first-order valence-corrected chi connectivity index (χ1v) is 36.8. The number of hydrogen-bond acceptors (Lipinski definition) is 20. The quantitative estimate of drug-likeness (QED) is 0.0333. The minimum absolute atomic E-state index is 0.0669. The number of hydrogen-bond donors (Lipinski definition) is 5. The van der Waals surface area contributed by atoms with E-state index in [-0.39, 0.29) is 33.0 Å². The van der Waals surface area contributed by atoms with Gasteiger partial charge in [0.15, 0.2) is 0 Å². The number of aliphatic hydroxyl groups excluding tert-OH is 5. The molecule has 5 aromatic carbocycles. The van der Waals surface area contributed by atoms with Crippen LogP contribution in [0.3, 0.4) is 0 Å². The number of halogens is 5. The Morgan fingerprint density at radius 3 is 0.957 bits per heavy atom. The maximum absolute atomic E-state index is 12.2. The van der Waals surface area contributed by atoms with Gasteiger partial charge in [-0.15, -0.1) is 0 Å². The maximum atomic E-state index is 12.2. The standard InChI is InChI=1S/5C18H17FN2O2/c2*1-12-6-14(10-20-9-12)18-4-2-13-7-16(3-5-17(13)21-18)23-11-15(22)8-19;1-12-6-7-20-10-16(12)18-4-2-13-8-15(3-5-17(13)21-18)23-11-14(22)9-19;1-12-2-3-14(10-20-12)18-6-4-13-8-16(5-7-17(13)21-18)23-11-15(22)9-19;1-12-16(3-2-8-20-12)18-6-4-13-9-15(5-7-17(13)21-18)23-11-14(22)10-19/h2*2-7,9-10,15,22H,8,11H2,1H3;2-8,10,14,22H,9,11H2,1H3;2-8,10,15,22H,9,11H2,1H3;2-9,14,22H,10-11H2,1H3/t2*15-;14-;15-;14-/m11111/s1/i5*19-1. The lowest BCUT2D eigenvalue weighted by molar-refractivity contribution is 0.0842. The molecule has 0 radical (unpaired) electrons. The van der Waals surface area contributed by atoms with Crippen molar-refractivity contribution in [1.29, 1.82) is 0 Å². The van der Waals surface area contributed by atoms with Gasteiger partial charge in [0.05, 0.1) is 56.1 Å². The summed E-state index contributed by atoms with van der Waals surface area (Å²) in [5, 5.41) is 50.6. The lowest BCUT2D eigenvalue weighted by Crippen LogP contribution is -2.19. The van der Waals surface area contributed by atoms with Gasteiger partial charge in [-0.2, -0.15) is 0 Å². The Hall–Kier alpha value is -12.7. The fourth-order valence-corrected chi connectivity index (χ4v) is 11.4. The minimum Gasteiger partial charge on any atom is -0.491 e. The molecule has 0 fully saturated rings. The largest absolute Gasteiger partial charge is 0.491 e. The van der Waals surface area contributed by atoms with Crippen LogP contribution in [0.1, 0.15) is 28.1 Å². The van der Waals surface area contributed by atoms with Crippen molar-refractivity contribution in [3.8, 4) is 85.0 Å². The molecular formula is C90H85F5N10O10. The molecule has 0 aliphatic rings. The Balaban J connectivity index is 0.000000142. The number of benzene rings is 5. The van der Waals surface area contributed by atoms with Crippen LogP contribution in [0.4, 0.5) is 22.0 Å². The van der Waals surface area contributed by atoms with Gasteiger partial charge >= 0.3 is 0 Å². The van der Waals surface area contributed by atoms with Gasteiger partial charge in [-0.1, -0.05) is 30.3 Å². The number of aryl methyl sites for hydroxylation is 5. The van der Waals surface area contributed by atoms with Crippen LogP contribution in [0.15, 0.2) is 244 Å². The zero-order valence-corrected chi connectivity index (χ0v) is 63.7. The number of fused-ring (bicyclic) bond motifs is 5. The molecule has 10 aromatic heterocycles. The van der Waals surface area contributed by atoms with E-state index in [1.165, 1.54) is 0 Å². The second-order valence-electron chi connectivity index (χ2n) is 26.9. The molecule has 0 saturated carbocycles. The Morgan fingerprint density at radius 2 is 0.635 bits per heavy atom. The van der Waals surface area contributed by atoms with E-state index < -0.39 is 63.9 Å². The van der Waals surface area contributed by atoms with E-state index in [2.05, 4.69) is 49.8 Å². The van der Waals surface area contributed by atoms with Gasteiger partial charge in [-0.05, 0) is 215 Å². The zero-order chi connectivity index (χ0) is 81.2. The van der Waals surface area contributed by atoms with Crippen molar-refractivity contribution >= 4 is 54.5 Å². The maximum Gasteiger partial charge on any atom is 0.120 e. The summed E-state index contributed by atoms with van der Waals surface area (Å²) in [6.07, 6.45) is 8.83. The molecule has 0 saturated heterocycles. The second-order valence-corrected chi connectivity index (χ2v) is 26.9. The number of aromatic nitrogens is 10. The lowest BCUT2D eigenvalue weighted by atomic mass is 10.1. The zero-order valence-electron chi connectivity index (χ0n) is 63.7. The summed E-state index contributed by atoms with van der Waals surface area (Å²) in [5.41, 5.74) is 18.6. The van der Waals surface area contributed by atoms with Crippen LogP contribution in [0, 0.1) is 34.6 Å². The average Bonchev–Trinajstić information content (AvgIpc) is 0.787. The van der Waals surface area contributed by atoms with E-state index in [1.54, 1.807) is 79.9 Å². The van der Waals surface area contributed by atoms with Gasteiger partial charge in [0.1, 0.15) is 126 Å². The molecule has 115 heavy (non-hydrogen) atoms. The minimum atomic E-state index is -1.10. The lowest BCUT2D eigenvalue weighted by Gasteiger charge is -2.10. The van der Waals surface area contributed by atoms with Gasteiger partial charge in [0.25, 0.3) is 0 Å². The molecule has 590 valence electrons. The normalized spacial score (nSPS) is 12.3. The molecule has 0 spiro atoms. The highest BCUT2D eigenvalue weighted by Gasteiger charge is 2.15. The van der Waals surface area contributed by atoms with Crippen LogP contribution in [-0.4, -0.2) is 172 Å². The molecule has 15 aromatic rings. The highest BCUT2D eigenvalue weighted by Crippen LogP contribution is 2.31. The van der Waals surface area contributed by atoms with Crippen molar-refractivity contribution in [3.05, 3.63) is 272 Å². The summed E-state index contributed by atoms with van der Waals surface area (Å²) >= 11 is 0. The van der Waals surface area contributed by atoms with Gasteiger partial charge in [0, 0.05) is 116 Å². The van der Waals surface area contributed by atoms with E-state index in [9.17, 15) is 47.5 Å². The Labute approximate surface area is 660 Å². The molecular weight excluding hydrogens is 1470 g/mol. The fourth-order valence-electron chi connectivity index (χ4n) is 11.4. The topological polar surface area (TPSA) is 276 Å². The highest BCUT2D eigenvalue weighted by molar-refractivity contribution is 5.87. The fraction of sp³-hybridized carbons (Fsp3) is 0.222. The Morgan fingerprint density at radius 1 is 0.296 bits per heavy atom. The van der Waals surface area contributed by atoms with Crippen LogP contribution in [0.2, 0.25) is 0 Å². The predicted octanol–water partition coefficient (Wildman–Crippen LogP) is 16.6. The molecule has 15 rings (SSSR count). The molecule has 20 nitrogen and oxygen atoms in total. The van der Waals surface area contributed by atoms with E-state index in [0.717, 1.165) is 139 Å². The summed E-state index contributed by atoms with van der Waals surface area (Å²) in [5.74, 6) is 2.90. The van der Waals surface area contributed by atoms with Crippen molar-refractivity contribution in [2.75, 3.05) is 66.4 Å². The third kappa shape index (κ3) is 24.0. The van der Waals surface area contributed by atoms with Gasteiger partial charge in [0.2, 0.25) is 0 Å². The predicted molar refractivity (Wildman–Crippen MR) is 436 cm³/mol. The summed E-state index contributed by atoms with van der Waals surface area (Å²) < 4.78 is 88.0. The van der Waals surface area contributed by atoms with Gasteiger partial charge < -0.3 is 49.2 Å². The Bertz CT molecular complexity index is 5430. The number of pyridine rings is 10. The van der Waals surface area contributed by atoms with Crippen molar-refractivity contribution in [3.63, 3.8) is 0 Å². The molecule has 5 N–H and O–H groups in total. The van der Waals surface area contributed by atoms with Gasteiger partial charge in [-0.25, -0.2) is 46.9 Å². The molecule has 10 heterocycles. The number of alkyl halides is 5. The van der Waals surface area contributed by atoms with Crippen LogP contribution in [-0.2, 0) is 0 Å². The third-order valence-corrected chi connectivity index (χ3v) is 17.6. The molecule has 25 heteroatoms. The first-order chi connectivity index (χ1) is 55.8. The monoisotopic (exact) mass is 1560 g/mol. The average molecular weight is 1560 g/mol. The van der Waals surface area contributed by atoms with Crippen molar-refractivity contribution < 1.29 is 71.2 Å². The number of rotatable bonds is 25. The van der Waals surface area contributed by atoms with Crippen molar-refractivity contribution in [2.45, 2.75) is 65.1 Å².